The SMILES string of the molecule is CSc1c(NCc2ccncc2)sc(C(C)=O)c1N. The van der Waals surface area contributed by atoms with E-state index < -0.39 is 0 Å². The lowest BCUT2D eigenvalue weighted by molar-refractivity contribution is 0.102. The number of Topliss-reactive ketones (excluding diaryl/α,β-unsaturated/α-hetero) is 1. The topological polar surface area (TPSA) is 68.0 Å². The molecule has 3 N–H and O–H groups in total. The molecule has 2 rings (SSSR count). The lowest BCUT2D eigenvalue weighted by Crippen LogP contribution is -1.99. The van der Waals surface area contributed by atoms with E-state index in [2.05, 4.69) is 10.3 Å². The first-order chi connectivity index (χ1) is 9.13. The monoisotopic (exact) mass is 293 g/mol. The number of hydrogen-bond acceptors (Lipinski definition) is 6. The summed E-state index contributed by atoms with van der Waals surface area (Å²) in [6.07, 6.45) is 5.48. The van der Waals surface area contributed by atoms with E-state index in [9.17, 15) is 4.79 Å². The molecule has 2 heterocycles. The Morgan fingerprint density at radius 2 is 2.16 bits per heavy atom. The molecule has 0 saturated heterocycles. The predicted octanol–water partition coefficient (Wildman–Crippen LogP) is 3.26. The molecule has 0 spiro atoms. The summed E-state index contributed by atoms with van der Waals surface area (Å²) in [5.41, 5.74) is 7.73. The van der Waals surface area contributed by atoms with E-state index in [1.54, 1.807) is 31.1 Å². The quantitative estimate of drug-likeness (QED) is 0.654. The van der Waals surface area contributed by atoms with Gasteiger partial charge < -0.3 is 11.1 Å². The van der Waals surface area contributed by atoms with Crippen molar-refractivity contribution < 1.29 is 4.79 Å². The molecule has 2 aromatic heterocycles. The van der Waals surface area contributed by atoms with Crippen molar-refractivity contribution in [2.24, 2.45) is 0 Å². The van der Waals surface area contributed by atoms with Crippen LogP contribution in [0.5, 0.6) is 0 Å². The summed E-state index contributed by atoms with van der Waals surface area (Å²) < 4.78 is 0. The summed E-state index contributed by atoms with van der Waals surface area (Å²) in [5, 5.41) is 4.29. The van der Waals surface area contributed by atoms with E-state index in [4.69, 9.17) is 5.73 Å². The van der Waals surface area contributed by atoms with Crippen LogP contribution in [0.15, 0.2) is 29.4 Å². The zero-order valence-corrected chi connectivity index (χ0v) is 12.4. The lowest BCUT2D eigenvalue weighted by Gasteiger charge is -2.06. The van der Waals surface area contributed by atoms with Crippen molar-refractivity contribution in [3.63, 3.8) is 0 Å². The van der Waals surface area contributed by atoms with Crippen LogP contribution in [0.1, 0.15) is 22.2 Å². The molecule has 6 heteroatoms. The van der Waals surface area contributed by atoms with Gasteiger partial charge in [-0.05, 0) is 24.0 Å². The first-order valence-electron chi connectivity index (χ1n) is 5.73. The van der Waals surface area contributed by atoms with Crippen LogP contribution >= 0.6 is 23.1 Å². The molecular formula is C13H15N3OS2. The summed E-state index contributed by atoms with van der Waals surface area (Å²) in [6, 6.07) is 3.91. The molecule has 0 aromatic carbocycles. The number of thiophene rings is 1. The molecule has 0 atom stereocenters. The Hall–Kier alpha value is -1.53. The van der Waals surface area contributed by atoms with E-state index in [-0.39, 0.29) is 5.78 Å². The Morgan fingerprint density at radius 1 is 1.47 bits per heavy atom. The molecule has 0 aliphatic heterocycles. The van der Waals surface area contributed by atoms with Crippen LogP contribution in [0.3, 0.4) is 0 Å². The summed E-state index contributed by atoms with van der Waals surface area (Å²) in [4.78, 5) is 17.1. The third-order valence-corrected chi connectivity index (χ3v) is 4.85. The minimum absolute atomic E-state index is 0.00904. The number of rotatable bonds is 5. The number of thioether (sulfide) groups is 1. The van der Waals surface area contributed by atoms with Crippen molar-refractivity contribution in [3.8, 4) is 0 Å². The Kier molecular flexibility index (Phi) is 4.44. The van der Waals surface area contributed by atoms with Gasteiger partial charge in [0, 0.05) is 25.9 Å². The summed E-state index contributed by atoms with van der Waals surface area (Å²) in [5.74, 6) is 0.00904. The fraction of sp³-hybridized carbons (Fsp3) is 0.231. The second-order valence-corrected chi connectivity index (χ2v) is 5.81. The number of nitrogens with zero attached hydrogens (tertiary/aromatic N) is 1. The number of pyridine rings is 1. The normalized spacial score (nSPS) is 10.4. The van der Waals surface area contributed by atoms with Gasteiger partial charge in [0.15, 0.2) is 5.78 Å². The number of anilines is 2. The highest BCUT2D eigenvalue weighted by Crippen LogP contribution is 2.41. The van der Waals surface area contributed by atoms with Crippen LogP contribution < -0.4 is 11.1 Å². The number of nitrogens with two attached hydrogens (primary N) is 1. The minimum Gasteiger partial charge on any atom is -0.396 e. The number of aromatic nitrogens is 1. The zero-order chi connectivity index (χ0) is 13.8. The highest BCUT2D eigenvalue weighted by atomic mass is 32.2. The maximum atomic E-state index is 11.5. The van der Waals surface area contributed by atoms with Gasteiger partial charge >= 0.3 is 0 Å². The number of hydrogen-bond donors (Lipinski definition) is 2. The molecule has 0 fully saturated rings. The maximum Gasteiger partial charge on any atom is 0.171 e. The van der Waals surface area contributed by atoms with Crippen molar-refractivity contribution in [1.82, 2.24) is 4.98 Å². The predicted molar refractivity (Wildman–Crippen MR) is 82.1 cm³/mol. The molecule has 2 aromatic rings. The van der Waals surface area contributed by atoms with Gasteiger partial charge in [-0.15, -0.1) is 23.1 Å². The summed E-state index contributed by atoms with van der Waals surface area (Å²) >= 11 is 2.97. The highest BCUT2D eigenvalue weighted by molar-refractivity contribution is 7.99. The van der Waals surface area contributed by atoms with Crippen molar-refractivity contribution >= 4 is 39.6 Å². The lowest BCUT2D eigenvalue weighted by atomic mass is 10.3. The minimum atomic E-state index is 0.00904. The van der Waals surface area contributed by atoms with E-state index in [0.717, 1.165) is 15.5 Å². The van der Waals surface area contributed by atoms with E-state index in [1.807, 2.05) is 18.4 Å². The molecule has 0 amide bonds. The van der Waals surface area contributed by atoms with Gasteiger partial charge in [0.1, 0.15) is 5.00 Å². The number of nitrogen functional groups attached to an aromatic ring is 1. The van der Waals surface area contributed by atoms with Gasteiger partial charge in [0.05, 0.1) is 15.5 Å². The second kappa shape index (κ2) is 6.08. The van der Waals surface area contributed by atoms with E-state index in [0.29, 0.717) is 17.1 Å². The average molecular weight is 293 g/mol. The van der Waals surface area contributed by atoms with Crippen LogP contribution in [0.4, 0.5) is 10.7 Å². The van der Waals surface area contributed by atoms with Gasteiger partial charge in [-0.2, -0.15) is 0 Å². The van der Waals surface area contributed by atoms with E-state index in [1.165, 1.54) is 11.3 Å². The van der Waals surface area contributed by atoms with Crippen molar-refractivity contribution in [3.05, 3.63) is 35.0 Å². The van der Waals surface area contributed by atoms with Crippen LogP contribution in [0.2, 0.25) is 0 Å². The van der Waals surface area contributed by atoms with Crippen molar-refractivity contribution in [2.45, 2.75) is 18.4 Å². The van der Waals surface area contributed by atoms with Crippen molar-refractivity contribution in [1.29, 1.82) is 0 Å². The van der Waals surface area contributed by atoms with Gasteiger partial charge in [-0.1, -0.05) is 0 Å². The van der Waals surface area contributed by atoms with E-state index >= 15 is 0 Å². The maximum absolute atomic E-state index is 11.5. The van der Waals surface area contributed by atoms with Crippen molar-refractivity contribution in [2.75, 3.05) is 17.3 Å². The van der Waals surface area contributed by atoms with Crippen LogP contribution in [0.25, 0.3) is 0 Å². The average Bonchev–Trinajstić information content (AvgIpc) is 2.74. The third kappa shape index (κ3) is 3.08. The van der Waals surface area contributed by atoms with Gasteiger partial charge in [-0.25, -0.2) is 0 Å². The fourth-order valence-corrected chi connectivity index (χ4v) is 3.62. The fourth-order valence-electron chi connectivity index (χ4n) is 1.69. The molecule has 0 aliphatic rings. The number of carbonyl (C=O) groups is 1. The molecule has 100 valence electrons. The standard InChI is InChI=1S/C13H15N3OS2/c1-8(17)11-10(14)12(18-2)13(19-11)16-7-9-3-5-15-6-4-9/h3-6,16H,7,14H2,1-2H3. The molecule has 0 unspecified atom stereocenters. The Labute approximate surface area is 120 Å². The summed E-state index contributed by atoms with van der Waals surface area (Å²) in [6.45, 7) is 2.23. The first-order valence-corrected chi connectivity index (χ1v) is 7.77. The number of carbonyl (C=O) groups excluding carboxylic acids is 1. The van der Waals surface area contributed by atoms with Gasteiger partial charge in [0.25, 0.3) is 0 Å². The number of nitrogens with one attached hydrogen (secondary N) is 1. The second-order valence-electron chi connectivity index (χ2n) is 3.97. The molecule has 4 nitrogen and oxygen atoms in total. The Balaban J connectivity index is 2.20. The number of ketones is 1. The Bertz CT molecular complexity index is 581. The first kappa shape index (κ1) is 13.9. The molecule has 0 radical (unpaired) electrons. The molecule has 19 heavy (non-hydrogen) atoms. The largest absolute Gasteiger partial charge is 0.396 e. The van der Waals surface area contributed by atoms with Crippen LogP contribution in [-0.4, -0.2) is 17.0 Å². The van der Waals surface area contributed by atoms with Crippen LogP contribution in [0, 0.1) is 0 Å². The summed E-state index contributed by atoms with van der Waals surface area (Å²) in [7, 11) is 0. The third-order valence-electron chi connectivity index (χ3n) is 2.63. The molecule has 0 aliphatic carbocycles. The van der Waals surface area contributed by atoms with Crippen LogP contribution in [-0.2, 0) is 6.54 Å². The molecular weight excluding hydrogens is 278 g/mol. The van der Waals surface area contributed by atoms with Gasteiger partial charge in [0.2, 0.25) is 0 Å². The van der Waals surface area contributed by atoms with Gasteiger partial charge in [-0.3, -0.25) is 9.78 Å². The molecule has 0 saturated carbocycles. The smallest absolute Gasteiger partial charge is 0.171 e. The Morgan fingerprint density at radius 3 is 2.74 bits per heavy atom. The molecule has 0 bridgehead atoms. The zero-order valence-electron chi connectivity index (χ0n) is 10.8. The highest BCUT2D eigenvalue weighted by Gasteiger charge is 2.17.